The van der Waals surface area contributed by atoms with Gasteiger partial charge in [-0.15, -0.1) is 11.8 Å². The molecular formula is C13H13BrOS2. The summed E-state index contributed by atoms with van der Waals surface area (Å²) in [4.78, 5) is 1.19. The molecule has 0 saturated carbocycles. The molecular weight excluding hydrogens is 316 g/mol. The SMILES string of the molecule is OC(CSc1ccc(Br)cc1)Cc1ccsc1. The van der Waals surface area contributed by atoms with Gasteiger partial charge in [-0.05, 0) is 53.1 Å². The maximum atomic E-state index is 9.91. The van der Waals surface area contributed by atoms with Crippen molar-refractivity contribution in [2.45, 2.75) is 17.4 Å². The minimum Gasteiger partial charge on any atom is -0.392 e. The minimum atomic E-state index is -0.279. The third-order valence-corrected chi connectivity index (χ3v) is 4.73. The topological polar surface area (TPSA) is 20.2 Å². The lowest BCUT2D eigenvalue weighted by molar-refractivity contribution is 0.200. The van der Waals surface area contributed by atoms with Crippen molar-refractivity contribution in [1.82, 2.24) is 0 Å². The number of hydrogen-bond acceptors (Lipinski definition) is 3. The molecule has 1 heterocycles. The first-order chi connectivity index (χ1) is 8.24. The Morgan fingerprint density at radius 2 is 2.00 bits per heavy atom. The van der Waals surface area contributed by atoms with Gasteiger partial charge >= 0.3 is 0 Å². The van der Waals surface area contributed by atoms with E-state index in [9.17, 15) is 5.11 Å². The van der Waals surface area contributed by atoms with Crippen LogP contribution in [-0.4, -0.2) is 17.0 Å². The lowest BCUT2D eigenvalue weighted by Crippen LogP contribution is -2.12. The highest BCUT2D eigenvalue weighted by Gasteiger charge is 2.06. The van der Waals surface area contributed by atoms with Gasteiger partial charge in [0.2, 0.25) is 0 Å². The van der Waals surface area contributed by atoms with Crippen molar-refractivity contribution < 1.29 is 5.11 Å². The number of aliphatic hydroxyl groups excluding tert-OH is 1. The molecule has 1 aromatic heterocycles. The van der Waals surface area contributed by atoms with Crippen molar-refractivity contribution in [2.75, 3.05) is 5.75 Å². The number of rotatable bonds is 5. The molecule has 2 rings (SSSR count). The lowest BCUT2D eigenvalue weighted by Gasteiger charge is -2.09. The Bertz CT molecular complexity index is 439. The number of thioether (sulfide) groups is 1. The summed E-state index contributed by atoms with van der Waals surface area (Å²) in [6, 6.07) is 10.2. The van der Waals surface area contributed by atoms with Crippen molar-refractivity contribution in [3.05, 3.63) is 51.1 Å². The zero-order valence-corrected chi connectivity index (χ0v) is 12.4. The second kappa shape index (κ2) is 6.59. The van der Waals surface area contributed by atoms with Crippen LogP contribution in [0.3, 0.4) is 0 Å². The van der Waals surface area contributed by atoms with Crippen LogP contribution in [0.2, 0.25) is 0 Å². The minimum absolute atomic E-state index is 0.279. The quantitative estimate of drug-likeness (QED) is 0.830. The molecule has 1 unspecified atom stereocenters. The Balaban J connectivity index is 1.79. The standard InChI is InChI=1S/C13H13BrOS2/c14-11-1-3-13(4-2-11)17-9-12(15)7-10-5-6-16-8-10/h1-6,8,12,15H,7,9H2. The molecule has 90 valence electrons. The van der Waals surface area contributed by atoms with Gasteiger partial charge in [0, 0.05) is 15.1 Å². The summed E-state index contributed by atoms with van der Waals surface area (Å²) in [6.07, 6.45) is 0.464. The molecule has 1 nitrogen and oxygen atoms in total. The Kier molecular flexibility index (Phi) is 5.10. The summed E-state index contributed by atoms with van der Waals surface area (Å²) in [5, 5.41) is 14.0. The van der Waals surface area contributed by atoms with Gasteiger partial charge in [-0.3, -0.25) is 0 Å². The largest absolute Gasteiger partial charge is 0.392 e. The summed E-state index contributed by atoms with van der Waals surface area (Å²) < 4.78 is 1.08. The van der Waals surface area contributed by atoms with Gasteiger partial charge in [-0.25, -0.2) is 0 Å². The molecule has 17 heavy (non-hydrogen) atoms. The van der Waals surface area contributed by atoms with Crippen LogP contribution in [0.15, 0.2) is 50.5 Å². The third kappa shape index (κ3) is 4.47. The highest BCUT2D eigenvalue weighted by Crippen LogP contribution is 2.22. The Morgan fingerprint density at radius 3 is 2.65 bits per heavy atom. The fourth-order valence-electron chi connectivity index (χ4n) is 1.46. The molecule has 0 fully saturated rings. The third-order valence-electron chi connectivity index (χ3n) is 2.31. The highest BCUT2D eigenvalue weighted by atomic mass is 79.9. The van der Waals surface area contributed by atoms with Crippen molar-refractivity contribution in [1.29, 1.82) is 0 Å². The van der Waals surface area contributed by atoms with Crippen LogP contribution in [0.1, 0.15) is 5.56 Å². The van der Waals surface area contributed by atoms with Gasteiger partial charge in [0.1, 0.15) is 0 Å². The van der Waals surface area contributed by atoms with E-state index in [2.05, 4.69) is 39.5 Å². The van der Waals surface area contributed by atoms with Gasteiger partial charge in [0.15, 0.2) is 0 Å². The molecule has 2 aromatic rings. The van der Waals surface area contributed by atoms with Crippen LogP contribution < -0.4 is 0 Å². The number of benzene rings is 1. The van der Waals surface area contributed by atoms with E-state index in [-0.39, 0.29) is 6.10 Å². The van der Waals surface area contributed by atoms with E-state index in [4.69, 9.17) is 0 Å². The molecule has 0 aliphatic rings. The van der Waals surface area contributed by atoms with Gasteiger partial charge in [0.25, 0.3) is 0 Å². The molecule has 4 heteroatoms. The highest BCUT2D eigenvalue weighted by molar-refractivity contribution is 9.10. The van der Waals surface area contributed by atoms with Crippen LogP contribution in [0, 0.1) is 0 Å². The Morgan fingerprint density at radius 1 is 1.24 bits per heavy atom. The van der Waals surface area contributed by atoms with Gasteiger partial charge in [0.05, 0.1) is 6.10 Å². The van der Waals surface area contributed by atoms with Crippen molar-refractivity contribution in [3.8, 4) is 0 Å². The first kappa shape index (κ1) is 13.1. The molecule has 1 N–H and O–H groups in total. The normalized spacial score (nSPS) is 12.6. The monoisotopic (exact) mass is 328 g/mol. The van der Waals surface area contributed by atoms with Crippen LogP contribution in [0.4, 0.5) is 0 Å². The number of halogens is 1. The van der Waals surface area contributed by atoms with E-state index in [0.29, 0.717) is 0 Å². The number of thiophene rings is 1. The molecule has 0 saturated heterocycles. The fraction of sp³-hybridized carbons (Fsp3) is 0.231. The average molecular weight is 329 g/mol. The number of aliphatic hydroxyl groups is 1. The molecule has 0 radical (unpaired) electrons. The Hall–Kier alpha value is -0.290. The van der Waals surface area contributed by atoms with Crippen LogP contribution in [0.5, 0.6) is 0 Å². The Labute approximate surface area is 118 Å². The van der Waals surface area contributed by atoms with E-state index in [1.807, 2.05) is 17.5 Å². The second-order valence-corrected chi connectivity index (χ2v) is 6.54. The molecule has 0 spiro atoms. The maximum absolute atomic E-state index is 9.91. The summed E-state index contributed by atoms with van der Waals surface area (Å²) in [7, 11) is 0. The van der Waals surface area contributed by atoms with E-state index < -0.39 is 0 Å². The first-order valence-electron chi connectivity index (χ1n) is 5.31. The summed E-state index contributed by atoms with van der Waals surface area (Å²) >= 11 is 6.77. The maximum Gasteiger partial charge on any atom is 0.0674 e. The predicted octanol–water partition coefficient (Wildman–Crippen LogP) is 4.21. The van der Waals surface area contributed by atoms with Crippen molar-refractivity contribution >= 4 is 39.0 Å². The predicted molar refractivity (Wildman–Crippen MR) is 78.9 cm³/mol. The summed E-state index contributed by atoms with van der Waals surface area (Å²) in [5.74, 6) is 0.734. The molecule has 0 bridgehead atoms. The zero-order chi connectivity index (χ0) is 12.1. The van der Waals surface area contributed by atoms with E-state index >= 15 is 0 Å². The molecule has 0 aliphatic carbocycles. The zero-order valence-electron chi connectivity index (χ0n) is 9.17. The summed E-state index contributed by atoms with van der Waals surface area (Å²) in [6.45, 7) is 0. The first-order valence-corrected chi connectivity index (χ1v) is 8.03. The van der Waals surface area contributed by atoms with Crippen molar-refractivity contribution in [3.63, 3.8) is 0 Å². The second-order valence-electron chi connectivity index (χ2n) is 3.75. The summed E-state index contributed by atoms with van der Waals surface area (Å²) in [5.41, 5.74) is 1.22. The fourth-order valence-corrected chi connectivity index (χ4v) is 3.24. The average Bonchev–Trinajstić information content (AvgIpc) is 2.81. The van der Waals surface area contributed by atoms with Gasteiger partial charge in [-0.2, -0.15) is 11.3 Å². The van der Waals surface area contributed by atoms with E-state index in [0.717, 1.165) is 16.6 Å². The molecule has 0 aliphatic heterocycles. The van der Waals surface area contributed by atoms with Gasteiger partial charge < -0.3 is 5.11 Å². The van der Waals surface area contributed by atoms with Crippen molar-refractivity contribution in [2.24, 2.45) is 0 Å². The number of hydrogen-bond donors (Lipinski definition) is 1. The van der Waals surface area contributed by atoms with Gasteiger partial charge in [-0.1, -0.05) is 15.9 Å². The molecule has 1 aromatic carbocycles. The van der Waals surface area contributed by atoms with Crippen LogP contribution in [-0.2, 0) is 6.42 Å². The van der Waals surface area contributed by atoms with E-state index in [1.165, 1.54) is 10.5 Å². The van der Waals surface area contributed by atoms with Crippen LogP contribution in [0.25, 0.3) is 0 Å². The molecule has 1 atom stereocenters. The smallest absolute Gasteiger partial charge is 0.0674 e. The van der Waals surface area contributed by atoms with Crippen LogP contribution >= 0.6 is 39.0 Å². The molecule has 0 amide bonds. The van der Waals surface area contributed by atoms with E-state index in [1.54, 1.807) is 23.1 Å². The lowest BCUT2D eigenvalue weighted by atomic mass is 10.2.